The Hall–Kier alpha value is -2.21. The van der Waals surface area contributed by atoms with Gasteiger partial charge >= 0.3 is 0 Å². The molecule has 4 nitrogen and oxygen atoms in total. The molecule has 0 aliphatic rings. The fraction of sp³-hybridized carbons (Fsp3) is 0.136. The summed E-state index contributed by atoms with van der Waals surface area (Å²) in [6.07, 6.45) is 0. The van der Waals surface area contributed by atoms with Gasteiger partial charge < -0.3 is 15.4 Å². The van der Waals surface area contributed by atoms with Crippen molar-refractivity contribution < 1.29 is 9.53 Å². The van der Waals surface area contributed by atoms with Gasteiger partial charge in [-0.1, -0.05) is 47.0 Å². The Labute approximate surface area is 188 Å². The van der Waals surface area contributed by atoms with E-state index >= 15 is 0 Å². The summed E-state index contributed by atoms with van der Waals surface area (Å²) in [7, 11) is 0. The van der Waals surface area contributed by atoms with Crippen molar-refractivity contribution in [3.63, 3.8) is 0 Å². The number of nitrogens with one attached hydrogen (secondary N) is 2. The molecule has 2 N–H and O–H groups in total. The highest BCUT2D eigenvalue weighted by molar-refractivity contribution is 9.10. The summed E-state index contributed by atoms with van der Waals surface area (Å²) < 4.78 is 6.40. The van der Waals surface area contributed by atoms with E-state index in [1.165, 1.54) is 0 Å². The molecule has 0 bridgehead atoms. The number of hydrogen-bond donors (Lipinski definition) is 2. The molecular formula is C22H19BrCl2N2O2. The Morgan fingerprint density at radius 1 is 0.966 bits per heavy atom. The van der Waals surface area contributed by atoms with Crippen molar-refractivity contribution in [1.29, 1.82) is 0 Å². The van der Waals surface area contributed by atoms with E-state index in [-0.39, 0.29) is 12.5 Å². The third kappa shape index (κ3) is 6.39. The smallest absolute Gasteiger partial charge is 0.262 e. The summed E-state index contributed by atoms with van der Waals surface area (Å²) in [5, 5.41) is 7.12. The number of benzene rings is 3. The van der Waals surface area contributed by atoms with Gasteiger partial charge in [-0.25, -0.2) is 0 Å². The Bertz CT molecular complexity index is 1010. The van der Waals surface area contributed by atoms with Crippen LogP contribution in [0.4, 0.5) is 11.4 Å². The Kier molecular flexibility index (Phi) is 7.42. The van der Waals surface area contributed by atoms with E-state index in [2.05, 4.69) is 26.6 Å². The molecule has 0 aromatic heterocycles. The number of amides is 1. The largest absolute Gasteiger partial charge is 0.483 e. The van der Waals surface area contributed by atoms with Crippen LogP contribution in [0.1, 0.15) is 11.1 Å². The van der Waals surface area contributed by atoms with E-state index in [1.54, 1.807) is 12.1 Å². The monoisotopic (exact) mass is 492 g/mol. The predicted octanol–water partition coefficient (Wildman–Crippen LogP) is 6.69. The molecule has 0 heterocycles. The van der Waals surface area contributed by atoms with Gasteiger partial charge in [0.1, 0.15) is 5.75 Å². The second-order valence-electron chi connectivity index (χ2n) is 6.45. The van der Waals surface area contributed by atoms with Gasteiger partial charge in [-0.05, 0) is 70.9 Å². The number of anilines is 2. The van der Waals surface area contributed by atoms with E-state index in [4.69, 9.17) is 27.9 Å². The Morgan fingerprint density at radius 3 is 2.38 bits per heavy atom. The second kappa shape index (κ2) is 10.0. The van der Waals surface area contributed by atoms with E-state index in [1.807, 2.05) is 55.5 Å². The minimum absolute atomic E-state index is 0.0760. The van der Waals surface area contributed by atoms with Crippen molar-refractivity contribution >= 4 is 56.4 Å². The van der Waals surface area contributed by atoms with E-state index in [9.17, 15) is 4.79 Å². The van der Waals surface area contributed by atoms with Crippen molar-refractivity contribution in [3.8, 4) is 5.75 Å². The highest BCUT2D eigenvalue weighted by Crippen LogP contribution is 2.28. The van der Waals surface area contributed by atoms with Gasteiger partial charge in [-0.15, -0.1) is 0 Å². The summed E-state index contributed by atoms with van der Waals surface area (Å²) in [6, 6.07) is 18.7. The minimum atomic E-state index is -0.217. The molecule has 0 spiro atoms. The summed E-state index contributed by atoms with van der Waals surface area (Å²) in [6.45, 7) is 2.52. The number of carbonyl (C=O) groups is 1. The molecule has 0 aliphatic carbocycles. The van der Waals surface area contributed by atoms with Gasteiger partial charge in [0.2, 0.25) is 0 Å². The maximum Gasteiger partial charge on any atom is 0.262 e. The third-order valence-corrected chi connectivity index (χ3v) is 5.47. The van der Waals surface area contributed by atoms with Crippen LogP contribution in [0.25, 0.3) is 0 Å². The van der Waals surface area contributed by atoms with Crippen LogP contribution in [-0.4, -0.2) is 12.5 Å². The van der Waals surface area contributed by atoms with Gasteiger partial charge in [0.15, 0.2) is 6.61 Å². The lowest BCUT2D eigenvalue weighted by molar-refractivity contribution is -0.118. The number of ether oxygens (including phenoxy) is 1. The zero-order valence-electron chi connectivity index (χ0n) is 15.6. The standard InChI is InChI=1S/C22H19BrCl2N2O2/c1-14-2-5-16(6-3-14)27-22(28)13-29-21-9-4-15(10-18(21)23)12-26-17-7-8-19(24)20(25)11-17/h2-11,26H,12-13H2,1H3,(H,27,28). The van der Waals surface area contributed by atoms with E-state index in [0.717, 1.165) is 27.0 Å². The molecule has 0 saturated heterocycles. The first-order valence-electron chi connectivity index (χ1n) is 8.87. The van der Waals surface area contributed by atoms with Crippen LogP contribution in [0, 0.1) is 6.92 Å². The lowest BCUT2D eigenvalue weighted by Gasteiger charge is -2.12. The maximum absolute atomic E-state index is 12.1. The molecule has 1 amide bonds. The average Bonchev–Trinajstić information content (AvgIpc) is 2.70. The fourth-order valence-corrected chi connectivity index (χ4v) is 3.40. The average molecular weight is 494 g/mol. The van der Waals surface area contributed by atoms with E-state index in [0.29, 0.717) is 22.3 Å². The van der Waals surface area contributed by atoms with Crippen molar-refractivity contribution in [3.05, 3.63) is 86.3 Å². The number of hydrogen-bond acceptors (Lipinski definition) is 3. The van der Waals surface area contributed by atoms with E-state index < -0.39 is 0 Å². The van der Waals surface area contributed by atoms with Crippen molar-refractivity contribution in [2.45, 2.75) is 13.5 Å². The molecule has 3 rings (SSSR count). The summed E-state index contributed by atoms with van der Waals surface area (Å²) >= 11 is 15.5. The number of rotatable bonds is 7. The summed E-state index contributed by atoms with van der Waals surface area (Å²) in [5.74, 6) is 0.383. The lowest BCUT2D eigenvalue weighted by Crippen LogP contribution is -2.20. The maximum atomic E-state index is 12.1. The van der Waals surface area contributed by atoms with Crippen molar-refractivity contribution in [2.24, 2.45) is 0 Å². The first-order valence-corrected chi connectivity index (χ1v) is 10.4. The number of aryl methyl sites for hydroxylation is 1. The summed E-state index contributed by atoms with van der Waals surface area (Å²) in [4.78, 5) is 12.1. The fourth-order valence-electron chi connectivity index (χ4n) is 2.56. The van der Waals surface area contributed by atoms with Gasteiger partial charge in [-0.3, -0.25) is 4.79 Å². The third-order valence-electron chi connectivity index (χ3n) is 4.11. The van der Waals surface area contributed by atoms with Crippen LogP contribution >= 0.6 is 39.1 Å². The van der Waals surface area contributed by atoms with Crippen LogP contribution in [0.3, 0.4) is 0 Å². The molecule has 7 heteroatoms. The van der Waals surface area contributed by atoms with Crippen LogP contribution in [-0.2, 0) is 11.3 Å². The molecule has 0 fully saturated rings. The molecule has 3 aromatic rings. The SMILES string of the molecule is Cc1ccc(NC(=O)COc2ccc(CNc3ccc(Cl)c(Cl)c3)cc2Br)cc1. The second-order valence-corrected chi connectivity index (χ2v) is 8.12. The normalized spacial score (nSPS) is 10.5. The molecule has 0 unspecified atom stereocenters. The lowest BCUT2D eigenvalue weighted by atomic mass is 10.2. The van der Waals surface area contributed by atoms with Gasteiger partial charge in [0.25, 0.3) is 5.91 Å². The van der Waals surface area contributed by atoms with Crippen LogP contribution in [0.5, 0.6) is 5.75 Å². The zero-order chi connectivity index (χ0) is 20.8. The Balaban J connectivity index is 1.52. The quantitative estimate of drug-likeness (QED) is 0.385. The van der Waals surface area contributed by atoms with Gasteiger partial charge in [-0.2, -0.15) is 0 Å². The number of carbonyl (C=O) groups excluding carboxylic acids is 1. The topological polar surface area (TPSA) is 50.4 Å². The molecule has 3 aromatic carbocycles. The summed E-state index contributed by atoms with van der Waals surface area (Å²) in [5.41, 5.74) is 3.80. The molecular weight excluding hydrogens is 475 g/mol. The van der Waals surface area contributed by atoms with Gasteiger partial charge in [0, 0.05) is 17.9 Å². The minimum Gasteiger partial charge on any atom is -0.483 e. The van der Waals surface area contributed by atoms with Crippen molar-refractivity contribution in [2.75, 3.05) is 17.2 Å². The number of halogens is 3. The molecule has 0 saturated carbocycles. The van der Waals surface area contributed by atoms with Crippen LogP contribution in [0.2, 0.25) is 10.0 Å². The molecule has 0 atom stereocenters. The molecule has 150 valence electrons. The highest BCUT2D eigenvalue weighted by atomic mass is 79.9. The molecule has 29 heavy (non-hydrogen) atoms. The first-order chi connectivity index (χ1) is 13.9. The zero-order valence-corrected chi connectivity index (χ0v) is 18.7. The first kappa shape index (κ1) is 21.5. The van der Waals surface area contributed by atoms with Crippen LogP contribution < -0.4 is 15.4 Å². The predicted molar refractivity (Wildman–Crippen MR) is 123 cm³/mol. The Morgan fingerprint density at radius 2 is 1.69 bits per heavy atom. The van der Waals surface area contributed by atoms with Gasteiger partial charge in [0.05, 0.1) is 14.5 Å². The molecule has 0 radical (unpaired) electrons. The van der Waals surface area contributed by atoms with Crippen molar-refractivity contribution in [1.82, 2.24) is 0 Å². The van der Waals surface area contributed by atoms with Crippen LogP contribution in [0.15, 0.2) is 65.1 Å². The highest BCUT2D eigenvalue weighted by Gasteiger charge is 2.08. The molecule has 0 aliphatic heterocycles.